The number of nitrogens with zero attached hydrogens (tertiary/aromatic N) is 3. The van der Waals surface area contributed by atoms with E-state index in [1.807, 2.05) is 0 Å². The maximum atomic E-state index is 13.9. The van der Waals surface area contributed by atoms with Crippen LogP contribution in [0.1, 0.15) is 5.56 Å². The first kappa shape index (κ1) is 14.3. The van der Waals surface area contributed by atoms with E-state index < -0.39 is 5.82 Å². The van der Waals surface area contributed by atoms with Crippen molar-refractivity contribution in [2.24, 2.45) is 5.10 Å². The predicted molar refractivity (Wildman–Crippen MR) is 82.2 cm³/mol. The summed E-state index contributed by atoms with van der Waals surface area (Å²) in [6.45, 7) is 0. The van der Waals surface area contributed by atoms with E-state index in [-0.39, 0.29) is 22.0 Å². The Kier molecular flexibility index (Phi) is 3.88. The van der Waals surface area contributed by atoms with Gasteiger partial charge in [-0.25, -0.2) is 13.9 Å². The van der Waals surface area contributed by atoms with Gasteiger partial charge in [0.2, 0.25) is 4.77 Å². The first-order valence-corrected chi connectivity index (χ1v) is 6.78. The number of nitrogens with one attached hydrogen (secondary N) is 1. The van der Waals surface area contributed by atoms with Crippen LogP contribution in [0.2, 0.25) is 0 Å². The summed E-state index contributed by atoms with van der Waals surface area (Å²) in [4.78, 5) is 0. The van der Waals surface area contributed by atoms with Gasteiger partial charge in [-0.1, -0.05) is 24.3 Å². The lowest BCUT2D eigenvalue weighted by molar-refractivity contribution is 0.627. The van der Waals surface area contributed by atoms with Crippen molar-refractivity contribution < 1.29 is 8.78 Å². The van der Waals surface area contributed by atoms with Crippen molar-refractivity contribution in [2.45, 2.75) is 0 Å². The molecule has 0 aliphatic carbocycles. The summed E-state index contributed by atoms with van der Waals surface area (Å²) >= 11 is 5.10. The molecule has 0 amide bonds. The van der Waals surface area contributed by atoms with Crippen molar-refractivity contribution in [2.75, 3.05) is 0 Å². The third-order valence-electron chi connectivity index (χ3n) is 2.96. The lowest BCUT2D eigenvalue weighted by Gasteiger charge is -2.02. The van der Waals surface area contributed by atoms with Crippen LogP contribution in [-0.4, -0.2) is 21.1 Å². The summed E-state index contributed by atoms with van der Waals surface area (Å²) in [5, 5.41) is 10.8. The zero-order chi connectivity index (χ0) is 15.5. The average molecular weight is 316 g/mol. The SMILES string of the molecule is Fc1ccc(/C=N\n2c(-c3ccccc3F)n[nH]c2=S)cc1. The molecule has 3 aromatic rings. The maximum Gasteiger partial charge on any atom is 0.216 e. The van der Waals surface area contributed by atoms with E-state index in [0.717, 1.165) is 0 Å². The van der Waals surface area contributed by atoms with E-state index in [0.29, 0.717) is 5.56 Å². The number of benzene rings is 2. The smallest absolute Gasteiger partial charge is 0.216 e. The zero-order valence-corrected chi connectivity index (χ0v) is 12.0. The molecule has 3 rings (SSSR count). The fourth-order valence-corrected chi connectivity index (χ4v) is 2.07. The Morgan fingerprint density at radius 2 is 1.82 bits per heavy atom. The Hall–Kier alpha value is -2.67. The molecule has 0 saturated carbocycles. The van der Waals surface area contributed by atoms with Gasteiger partial charge >= 0.3 is 0 Å². The van der Waals surface area contributed by atoms with E-state index in [1.54, 1.807) is 30.3 Å². The number of halogens is 2. The molecule has 4 nitrogen and oxygen atoms in total. The topological polar surface area (TPSA) is 46.0 Å². The van der Waals surface area contributed by atoms with Crippen molar-refractivity contribution in [3.63, 3.8) is 0 Å². The summed E-state index contributed by atoms with van der Waals surface area (Å²) in [5.74, 6) is -0.486. The van der Waals surface area contributed by atoms with Gasteiger partial charge in [0, 0.05) is 0 Å². The first-order valence-electron chi connectivity index (χ1n) is 6.37. The van der Waals surface area contributed by atoms with E-state index in [1.165, 1.54) is 29.1 Å². The third kappa shape index (κ3) is 2.84. The Balaban J connectivity index is 2.02. The van der Waals surface area contributed by atoms with Crippen molar-refractivity contribution in [3.8, 4) is 11.4 Å². The summed E-state index contributed by atoms with van der Waals surface area (Å²) < 4.78 is 28.3. The highest BCUT2D eigenvalue weighted by molar-refractivity contribution is 7.71. The quantitative estimate of drug-likeness (QED) is 0.590. The molecule has 0 saturated heterocycles. The van der Waals surface area contributed by atoms with Crippen LogP contribution >= 0.6 is 12.2 Å². The number of aromatic nitrogens is 3. The van der Waals surface area contributed by atoms with Crippen LogP contribution < -0.4 is 0 Å². The standard InChI is InChI=1S/C15H10F2N4S/c16-11-7-5-10(6-8-11)9-18-21-14(19-20-15(21)22)12-3-1-2-4-13(12)17/h1-9H,(H,20,22)/b18-9-. The van der Waals surface area contributed by atoms with Crippen LogP contribution in [0.4, 0.5) is 8.78 Å². The molecule has 0 fully saturated rings. The molecule has 1 aromatic heterocycles. The molecular weight excluding hydrogens is 306 g/mol. The molecule has 0 aliphatic rings. The number of aromatic amines is 1. The molecule has 7 heteroatoms. The Morgan fingerprint density at radius 1 is 1.09 bits per heavy atom. The monoisotopic (exact) mass is 316 g/mol. The molecule has 2 aromatic carbocycles. The highest BCUT2D eigenvalue weighted by atomic mass is 32.1. The molecule has 22 heavy (non-hydrogen) atoms. The fourth-order valence-electron chi connectivity index (χ4n) is 1.89. The van der Waals surface area contributed by atoms with Crippen LogP contribution in [0.5, 0.6) is 0 Å². The lowest BCUT2D eigenvalue weighted by Crippen LogP contribution is -1.96. The van der Waals surface area contributed by atoms with Crippen LogP contribution in [0.3, 0.4) is 0 Å². The average Bonchev–Trinajstić information content (AvgIpc) is 2.88. The molecule has 0 aliphatic heterocycles. The summed E-state index contributed by atoms with van der Waals surface area (Å²) in [7, 11) is 0. The second-order valence-electron chi connectivity index (χ2n) is 4.44. The molecule has 0 spiro atoms. The molecule has 110 valence electrons. The van der Waals surface area contributed by atoms with Crippen molar-refractivity contribution in [1.82, 2.24) is 14.9 Å². The van der Waals surface area contributed by atoms with Gasteiger partial charge in [-0.3, -0.25) is 0 Å². The van der Waals surface area contributed by atoms with Gasteiger partial charge in [0.25, 0.3) is 0 Å². The summed E-state index contributed by atoms with van der Waals surface area (Å²) in [6, 6.07) is 12.0. The molecule has 1 heterocycles. The molecule has 0 unspecified atom stereocenters. The van der Waals surface area contributed by atoms with Crippen molar-refractivity contribution in [3.05, 3.63) is 70.5 Å². The van der Waals surface area contributed by atoms with Gasteiger partial charge in [-0.15, -0.1) is 0 Å². The van der Waals surface area contributed by atoms with Gasteiger partial charge in [-0.05, 0) is 42.0 Å². The van der Waals surface area contributed by atoms with E-state index >= 15 is 0 Å². The molecule has 1 N–H and O–H groups in total. The van der Waals surface area contributed by atoms with Crippen LogP contribution in [0.15, 0.2) is 53.6 Å². The third-order valence-corrected chi connectivity index (χ3v) is 3.22. The first-order chi connectivity index (χ1) is 10.6. The van der Waals surface area contributed by atoms with Crippen molar-refractivity contribution in [1.29, 1.82) is 0 Å². The number of hydrogen-bond donors (Lipinski definition) is 1. The van der Waals surface area contributed by atoms with Gasteiger partial charge in [0.1, 0.15) is 11.6 Å². The lowest BCUT2D eigenvalue weighted by atomic mass is 10.2. The predicted octanol–water partition coefficient (Wildman–Crippen LogP) is 3.77. The van der Waals surface area contributed by atoms with E-state index in [9.17, 15) is 8.78 Å². The van der Waals surface area contributed by atoms with Gasteiger partial charge in [-0.2, -0.15) is 14.9 Å². The van der Waals surface area contributed by atoms with Crippen LogP contribution in [0.25, 0.3) is 11.4 Å². The van der Waals surface area contributed by atoms with Gasteiger partial charge < -0.3 is 0 Å². The molecular formula is C15H10F2N4S. The van der Waals surface area contributed by atoms with Crippen LogP contribution in [0, 0.1) is 16.4 Å². The van der Waals surface area contributed by atoms with E-state index in [2.05, 4.69) is 15.3 Å². The number of H-pyrrole nitrogens is 1. The Bertz CT molecular complexity index is 881. The van der Waals surface area contributed by atoms with Crippen molar-refractivity contribution >= 4 is 18.4 Å². The second kappa shape index (κ2) is 5.98. The second-order valence-corrected chi connectivity index (χ2v) is 4.83. The molecule has 0 atom stereocenters. The number of hydrogen-bond acceptors (Lipinski definition) is 3. The molecule has 0 bridgehead atoms. The minimum atomic E-state index is -0.422. The Morgan fingerprint density at radius 3 is 2.55 bits per heavy atom. The van der Waals surface area contributed by atoms with Gasteiger partial charge in [0.15, 0.2) is 5.82 Å². The van der Waals surface area contributed by atoms with E-state index in [4.69, 9.17) is 12.2 Å². The van der Waals surface area contributed by atoms with Gasteiger partial charge in [0.05, 0.1) is 11.8 Å². The Labute approximate surface area is 129 Å². The van der Waals surface area contributed by atoms with Crippen LogP contribution in [-0.2, 0) is 0 Å². The fraction of sp³-hybridized carbons (Fsp3) is 0. The molecule has 0 radical (unpaired) electrons. The highest BCUT2D eigenvalue weighted by Crippen LogP contribution is 2.20. The summed E-state index contributed by atoms with van der Waals surface area (Å²) in [5.41, 5.74) is 0.968. The zero-order valence-electron chi connectivity index (χ0n) is 11.2. The highest BCUT2D eigenvalue weighted by Gasteiger charge is 2.12. The maximum absolute atomic E-state index is 13.9. The summed E-state index contributed by atoms with van der Waals surface area (Å²) in [6.07, 6.45) is 1.50. The normalized spacial score (nSPS) is 11.2. The largest absolute Gasteiger partial charge is 0.250 e. The minimum absolute atomic E-state index is 0.233. The number of rotatable bonds is 3. The minimum Gasteiger partial charge on any atom is -0.250 e.